The highest BCUT2D eigenvalue weighted by Gasteiger charge is 2.25. The number of anilines is 1. The zero-order chi connectivity index (χ0) is 22.5. The van der Waals surface area contributed by atoms with E-state index < -0.39 is 5.82 Å². The van der Waals surface area contributed by atoms with E-state index in [9.17, 15) is 9.18 Å². The van der Waals surface area contributed by atoms with E-state index in [0.29, 0.717) is 48.3 Å². The Morgan fingerprint density at radius 2 is 2.25 bits per heavy atom. The van der Waals surface area contributed by atoms with Crippen LogP contribution in [0.25, 0.3) is 22.4 Å². The van der Waals surface area contributed by atoms with E-state index >= 15 is 0 Å². The van der Waals surface area contributed by atoms with E-state index in [2.05, 4.69) is 25.3 Å². The summed E-state index contributed by atoms with van der Waals surface area (Å²) in [6.45, 7) is 2.23. The van der Waals surface area contributed by atoms with Gasteiger partial charge in [0.1, 0.15) is 12.3 Å². The first kappa shape index (κ1) is 22.2. The molecule has 1 atom stereocenters. The number of halogens is 2. The summed E-state index contributed by atoms with van der Waals surface area (Å²) in [7, 11) is 1.55. The summed E-state index contributed by atoms with van der Waals surface area (Å²) in [6.07, 6.45) is 5.83. The quantitative estimate of drug-likeness (QED) is 0.515. The number of piperidine rings is 1. The van der Waals surface area contributed by atoms with E-state index in [1.165, 1.54) is 0 Å². The number of hydrogen-bond donors (Lipinski definition) is 2. The Morgan fingerprint density at radius 1 is 1.38 bits per heavy atom. The Kier molecular flexibility index (Phi) is 7.01. The third-order valence-electron chi connectivity index (χ3n) is 5.33. The fourth-order valence-corrected chi connectivity index (χ4v) is 3.88. The minimum Gasteiger partial charge on any atom is -0.447 e. The molecule has 0 saturated carbocycles. The summed E-state index contributed by atoms with van der Waals surface area (Å²) in [6, 6.07) is 1.76. The van der Waals surface area contributed by atoms with Crippen LogP contribution < -0.4 is 5.32 Å². The molecular formula is C21H24ClFN6O3. The van der Waals surface area contributed by atoms with Crippen LogP contribution in [0.5, 0.6) is 0 Å². The number of nitrogens with zero attached hydrogens (tertiary/aromatic N) is 4. The lowest BCUT2D eigenvalue weighted by Gasteiger charge is -2.32. The monoisotopic (exact) mass is 462 g/mol. The summed E-state index contributed by atoms with van der Waals surface area (Å²) < 4.78 is 24.5. The highest BCUT2D eigenvalue weighted by molar-refractivity contribution is 6.31. The number of pyridine rings is 1. The predicted octanol–water partition coefficient (Wildman–Crippen LogP) is 3.72. The second kappa shape index (κ2) is 10.1. The van der Waals surface area contributed by atoms with E-state index in [0.717, 1.165) is 24.4 Å². The van der Waals surface area contributed by atoms with E-state index in [1.807, 2.05) is 0 Å². The molecule has 1 aliphatic rings. The lowest BCUT2D eigenvalue weighted by molar-refractivity contribution is 0.0615. The highest BCUT2D eigenvalue weighted by atomic mass is 35.5. The number of carbonyl (C=O) groups excluding carboxylic acids is 1. The number of carbonyl (C=O) groups is 1. The van der Waals surface area contributed by atoms with Gasteiger partial charge >= 0.3 is 6.09 Å². The van der Waals surface area contributed by atoms with Crippen LogP contribution in [0.3, 0.4) is 0 Å². The fraction of sp³-hybridized carbons (Fsp3) is 0.429. The molecule has 4 heterocycles. The molecule has 0 aliphatic carbocycles. The average Bonchev–Trinajstić information content (AvgIpc) is 3.22. The lowest BCUT2D eigenvalue weighted by atomic mass is 9.98. The number of aromatic amines is 1. The Balaban J connectivity index is 1.42. The SMILES string of the molecule is COCCOC(=O)N1CCCC(CNc2nc(-c3c[nH]c4ncc(Cl)cc34)ncc2F)C1. The van der Waals surface area contributed by atoms with Crippen molar-refractivity contribution < 1.29 is 18.7 Å². The van der Waals surface area contributed by atoms with Crippen LogP contribution in [0, 0.1) is 11.7 Å². The zero-order valence-corrected chi connectivity index (χ0v) is 18.4. The van der Waals surface area contributed by atoms with E-state index in [-0.39, 0.29) is 24.4 Å². The third kappa shape index (κ3) is 5.08. The number of aromatic nitrogens is 4. The van der Waals surface area contributed by atoms with Crippen LogP contribution in [-0.4, -0.2) is 70.9 Å². The van der Waals surface area contributed by atoms with Crippen molar-refractivity contribution in [3.63, 3.8) is 0 Å². The molecule has 11 heteroatoms. The van der Waals surface area contributed by atoms with Crippen LogP contribution in [0.15, 0.2) is 24.7 Å². The molecule has 4 rings (SSSR count). The molecule has 32 heavy (non-hydrogen) atoms. The Labute approximate surface area is 189 Å². The molecule has 1 aliphatic heterocycles. The molecule has 1 fully saturated rings. The zero-order valence-electron chi connectivity index (χ0n) is 17.6. The Hall–Kier alpha value is -2.98. The number of rotatable bonds is 7. The smallest absolute Gasteiger partial charge is 0.409 e. The van der Waals surface area contributed by atoms with Gasteiger partial charge in [-0.3, -0.25) is 0 Å². The fourth-order valence-electron chi connectivity index (χ4n) is 3.73. The van der Waals surface area contributed by atoms with Gasteiger partial charge in [-0.25, -0.2) is 24.1 Å². The first-order valence-electron chi connectivity index (χ1n) is 10.3. The number of amides is 1. The van der Waals surface area contributed by atoms with Crippen LogP contribution in [0.4, 0.5) is 15.0 Å². The number of hydrogen-bond acceptors (Lipinski definition) is 7. The summed E-state index contributed by atoms with van der Waals surface area (Å²) in [5.41, 5.74) is 1.33. The number of fused-ring (bicyclic) bond motifs is 1. The Morgan fingerprint density at radius 3 is 3.09 bits per heavy atom. The van der Waals surface area contributed by atoms with Gasteiger partial charge in [-0.1, -0.05) is 11.6 Å². The normalized spacial score (nSPS) is 16.3. The Bertz CT molecular complexity index is 1090. The largest absolute Gasteiger partial charge is 0.447 e. The molecule has 3 aromatic heterocycles. The lowest BCUT2D eigenvalue weighted by Crippen LogP contribution is -2.42. The molecule has 1 amide bonds. The van der Waals surface area contributed by atoms with Gasteiger partial charge in [-0.05, 0) is 24.8 Å². The van der Waals surface area contributed by atoms with Gasteiger partial charge in [0.2, 0.25) is 0 Å². The van der Waals surface area contributed by atoms with Crippen molar-refractivity contribution in [1.82, 2.24) is 24.8 Å². The van der Waals surface area contributed by atoms with Crippen LogP contribution in [0.2, 0.25) is 5.02 Å². The summed E-state index contributed by atoms with van der Waals surface area (Å²) >= 11 is 6.06. The van der Waals surface area contributed by atoms with Crippen LogP contribution in [0.1, 0.15) is 12.8 Å². The highest BCUT2D eigenvalue weighted by Crippen LogP contribution is 2.28. The minimum atomic E-state index is -0.545. The maximum atomic E-state index is 14.4. The maximum Gasteiger partial charge on any atom is 0.409 e. The topological polar surface area (TPSA) is 105 Å². The predicted molar refractivity (Wildman–Crippen MR) is 118 cm³/mol. The molecular weight excluding hydrogens is 439 g/mol. The van der Waals surface area contributed by atoms with Gasteiger partial charge in [0.05, 0.1) is 17.8 Å². The second-order valence-corrected chi connectivity index (χ2v) is 8.02. The standard InChI is InChI=1S/C21H24ClFN6O3/c1-31-5-6-32-21(30)29-4-2-3-13(12-29)8-24-20-17(23)11-27-19(28-20)16-10-26-18-15(16)7-14(22)9-25-18/h7,9-11,13H,2-6,8,12H2,1H3,(H,25,26)(H,24,27,28). The van der Waals surface area contributed by atoms with E-state index in [4.69, 9.17) is 21.1 Å². The van der Waals surface area contributed by atoms with Gasteiger partial charge in [0.25, 0.3) is 0 Å². The van der Waals surface area contributed by atoms with Crippen molar-refractivity contribution in [2.24, 2.45) is 5.92 Å². The molecule has 0 spiro atoms. The minimum absolute atomic E-state index is 0.110. The molecule has 9 nitrogen and oxygen atoms in total. The first-order valence-corrected chi connectivity index (χ1v) is 10.7. The number of H-pyrrole nitrogens is 1. The third-order valence-corrected chi connectivity index (χ3v) is 5.54. The van der Waals surface area contributed by atoms with E-state index in [1.54, 1.807) is 30.5 Å². The van der Waals surface area contributed by atoms with Crippen molar-refractivity contribution in [3.05, 3.63) is 35.5 Å². The van der Waals surface area contributed by atoms with Crippen molar-refractivity contribution in [1.29, 1.82) is 0 Å². The van der Waals surface area contributed by atoms with Crippen LogP contribution in [-0.2, 0) is 9.47 Å². The molecule has 1 saturated heterocycles. The molecule has 0 bridgehead atoms. The summed E-state index contributed by atoms with van der Waals surface area (Å²) in [5, 5.41) is 4.32. The van der Waals surface area contributed by atoms with Crippen molar-refractivity contribution in [3.8, 4) is 11.4 Å². The van der Waals surface area contributed by atoms with Crippen molar-refractivity contribution in [2.45, 2.75) is 12.8 Å². The average molecular weight is 463 g/mol. The molecule has 0 aromatic carbocycles. The molecule has 170 valence electrons. The maximum absolute atomic E-state index is 14.4. The van der Waals surface area contributed by atoms with Gasteiger partial charge < -0.3 is 24.7 Å². The van der Waals surface area contributed by atoms with Gasteiger partial charge in [0.15, 0.2) is 17.5 Å². The van der Waals surface area contributed by atoms with Crippen LogP contribution >= 0.6 is 11.6 Å². The molecule has 3 aromatic rings. The number of ether oxygens (including phenoxy) is 2. The number of methoxy groups -OCH3 is 1. The van der Waals surface area contributed by atoms with Gasteiger partial charge in [-0.2, -0.15) is 0 Å². The van der Waals surface area contributed by atoms with Gasteiger partial charge in [-0.15, -0.1) is 0 Å². The molecule has 1 unspecified atom stereocenters. The second-order valence-electron chi connectivity index (χ2n) is 7.58. The first-order chi connectivity index (χ1) is 15.5. The summed E-state index contributed by atoms with van der Waals surface area (Å²) in [4.78, 5) is 29.6. The van der Waals surface area contributed by atoms with Crippen molar-refractivity contribution in [2.75, 3.05) is 45.3 Å². The van der Waals surface area contributed by atoms with Crippen molar-refractivity contribution >= 4 is 34.5 Å². The summed E-state index contributed by atoms with van der Waals surface area (Å²) in [5.74, 6) is 0.0689. The number of nitrogens with one attached hydrogen (secondary N) is 2. The number of likely N-dealkylation sites (tertiary alicyclic amines) is 1. The van der Waals surface area contributed by atoms with Gasteiger partial charge in [0, 0.05) is 50.1 Å². The molecule has 0 radical (unpaired) electrons. The molecule has 2 N–H and O–H groups in total.